The van der Waals surface area contributed by atoms with Crippen molar-refractivity contribution >= 4 is 8.32 Å². The summed E-state index contributed by atoms with van der Waals surface area (Å²) in [5.74, 6) is 0. The highest BCUT2D eigenvalue weighted by atomic mass is 28.4. The maximum absolute atomic E-state index is 6.48. The van der Waals surface area contributed by atoms with E-state index in [1.807, 2.05) is 0 Å². The monoisotopic (exact) mass is 274 g/mol. The number of ether oxygens (including phenoxy) is 1. The predicted molar refractivity (Wildman–Crippen MR) is 82.5 cm³/mol. The Morgan fingerprint density at radius 3 is 1.50 bits per heavy atom. The molecule has 1 unspecified atom stereocenters. The molecule has 0 heterocycles. The lowest BCUT2D eigenvalue weighted by Crippen LogP contribution is -2.64. The van der Waals surface area contributed by atoms with Crippen LogP contribution in [0.5, 0.6) is 0 Å². The van der Waals surface area contributed by atoms with Crippen LogP contribution in [0.4, 0.5) is 0 Å². The standard InChI is InChI=1S/C15H34O2Si/c1-10-13(16-11-2)18(17-12-3,14(4,5)6)15(7,8)9/h13H,10-12H2,1-9H3. The Kier molecular flexibility index (Phi) is 6.58. The molecule has 0 fully saturated rings. The second-order valence-electron chi connectivity index (χ2n) is 7.02. The molecule has 2 nitrogen and oxygen atoms in total. The topological polar surface area (TPSA) is 18.5 Å². The van der Waals surface area contributed by atoms with Gasteiger partial charge in [-0.2, -0.15) is 0 Å². The fraction of sp³-hybridized carbons (Fsp3) is 1.00. The quantitative estimate of drug-likeness (QED) is 0.640. The summed E-state index contributed by atoms with van der Waals surface area (Å²) in [5, 5.41) is 0.328. The molecule has 0 spiro atoms. The van der Waals surface area contributed by atoms with Crippen LogP contribution in [0, 0.1) is 0 Å². The van der Waals surface area contributed by atoms with Crippen LogP contribution in [0.2, 0.25) is 10.1 Å². The lowest BCUT2D eigenvalue weighted by molar-refractivity contribution is 0.0754. The van der Waals surface area contributed by atoms with E-state index >= 15 is 0 Å². The summed E-state index contributed by atoms with van der Waals surface area (Å²) in [7, 11) is -2.07. The normalized spacial score (nSPS) is 15.8. The Morgan fingerprint density at radius 2 is 1.28 bits per heavy atom. The van der Waals surface area contributed by atoms with Gasteiger partial charge in [0.2, 0.25) is 8.32 Å². The fourth-order valence-corrected chi connectivity index (χ4v) is 10.2. The van der Waals surface area contributed by atoms with Gasteiger partial charge in [-0.05, 0) is 30.3 Å². The molecule has 0 aliphatic heterocycles. The van der Waals surface area contributed by atoms with Crippen LogP contribution in [0.25, 0.3) is 0 Å². The maximum atomic E-state index is 6.48. The van der Waals surface area contributed by atoms with Gasteiger partial charge in [0.05, 0.1) is 5.73 Å². The van der Waals surface area contributed by atoms with Crippen molar-refractivity contribution in [1.82, 2.24) is 0 Å². The molecule has 0 aromatic heterocycles. The predicted octanol–water partition coefficient (Wildman–Crippen LogP) is 4.92. The van der Waals surface area contributed by atoms with Crippen LogP contribution in [0.3, 0.4) is 0 Å². The Bertz CT molecular complexity index is 224. The van der Waals surface area contributed by atoms with E-state index in [1.165, 1.54) is 0 Å². The Morgan fingerprint density at radius 1 is 0.833 bits per heavy atom. The summed E-state index contributed by atoms with van der Waals surface area (Å²) >= 11 is 0. The van der Waals surface area contributed by atoms with Gasteiger partial charge >= 0.3 is 0 Å². The number of hydrogen-bond acceptors (Lipinski definition) is 2. The highest BCUT2D eigenvalue weighted by Gasteiger charge is 2.59. The molecule has 18 heavy (non-hydrogen) atoms. The SMILES string of the molecule is CCOC(CC)[Si](OCC)(C(C)(C)C)C(C)(C)C. The van der Waals surface area contributed by atoms with Gasteiger partial charge in [-0.15, -0.1) is 0 Å². The molecule has 3 heteroatoms. The van der Waals surface area contributed by atoms with Crippen LogP contribution in [-0.4, -0.2) is 27.3 Å². The second-order valence-corrected chi connectivity index (χ2v) is 12.4. The largest absolute Gasteiger partial charge is 0.413 e. The first-order valence-corrected chi connectivity index (χ1v) is 9.32. The van der Waals surface area contributed by atoms with Crippen molar-refractivity contribution in [3.63, 3.8) is 0 Å². The third kappa shape index (κ3) is 3.37. The molecule has 0 N–H and O–H groups in total. The molecule has 0 rings (SSSR count). The van der Waals surface area contributed by atoms with Crippen molar-refractivity contribution in [2.75, 3.05) is 13.2 Å². The highest BCUT2D eigenvalue weighted by molar-refractivity contribution is 6.80. The van der Waals surface area contributed by atoms with E-state index in [2.05, 4.69) is 62.3 Å². The first kappa shape index (κ1) is 18.1. The van der Waals surface area contributed by atoms with Gasteiger partial charge in [0.1, 0.15) is 0 Å². The summed E-state index contributed by atoms with van der Waals surface area (Å²) in [6.07, 6.45) is 1.04. The minimum Gasteiger partial charge on any atom is -0.413 e. The van der Waals surface area contributed by atoms with E-state index in [9.17, 15) is 0 Å². The molecule has 0 aliphatic carbocycles. The summed E-state index contributed by atoms with van der Waals surface area (Å²) in [6.45, 7) is 21.9. The Balaban J connectivity index is 5.74. The molecular formula is C15H34O2Si. The lowest BCUT2D eigenvalue weighted by Gasteiger charge is -2.54. The highest BCUT2D eigenvalue weighted by Crippen LogP contribution is 2.54. The van der Waals surface area contributed by atoms with E-state index in [1.54, 1.807) is 0 Å². The van der Waals surface area contributed by atoms with E-state index in [0.29, 0.717) is 0 Å². The maximum Gasteiger partial charge on any atom is 0.231 e. The molecule has 0 aliphatic rings. The van der Waals surface area contributed by atoms with Gasteiger partial charge in [0.15, 0.2) is 0 Å². The molecule has 0 amide bonds. The van der Waals surface area contributed by atoms with Gasteiger partial charge in [0.25, 0.3) is 0 Å². The minimum atomic E-state index is -2.07. The van der Waals surface area contributed by atoms with Gasteiger partial charge in [-0.25, -0.2) is 0 Å². The average Bonchev–Trinajstić information content (AvgIpc) is 2.19. The van der Waals surface area contributed by atoms with Crippen molar-refractivity contribution < 1.29 is 9.16 Å². The number of hydrogen-bond donors (Lipinski definition) is 0. The van der Waals surface area contributed by atoms with Gasteiger partial charge in [-0.1, -0.05) is 48.5 Å². The van der Waals surface area contributed by atoms with Crippen LogP contribution in [0.15, 0.2) is 0 Å². The molecule has 0 aromatic carbocycles. The third-order valence-electron chi connectivity index (χ3n) is 3.79. The molecule has 1 atom stereocenters. The Hall–Kier alpha value is 0.137. The van der Waals surface area contributed by atoms with Crippen LogP contribution < -0.4 is 0 Å². The van der Waals surface area contributed by atoms with Crippen LogP contribution in [0.1, 0.15) is 68.7 Å². The number of rotatable bonds is 6. The second kappa shape index (κ2) is 6.53. The van der Waals surface area contributed by atoms with Crippen LogP contribution in [-0.2, 0) is 9.16 Å². The van der Waals surface area contributed by atoms with Gasteiger partial charge < -0.3 is 9.16 Å². The first-order chi connectivity index (χ1) is 8.08. The van der Waals surface area contributed by atoms with Crippen molar-refractivity contribution in [2.45, 2.75) is 84.5 Å². The van der Waals surface area contributed by atoms with E-state index < -0.39 is 8.32 Å². The third-order valence-corrected chi connectivity index (χ3v) is 10.5. The smallest absolute Gasteiger partial charge is 0.231 e. The van der Waals surface area contributed by atoms with Gasteiger partial charge in [0, 0.05) is 13.2 Å². The zero-order valence-corrected chi connectivity index (χ0v) is 15.0. The van der Waals surface area contributed by atoms with Crippen molar-refractivity contribution in [3.05, 3.63) is 0 Å². The zero-order chi connectivity index (χ0) is 14.6. The summed E-state index contributed by atoms with van der Waals surface area (Å²) in [6, 6.07) is 0. The van der Waals surface area contributed by atoms with Gasteiger partial charge in [-0.3, -0.25) is 0 Å². The van der Waals surface area contributed by atoms with E-state index in [0.717, 1.165) is 19.6 Å². The summed E-state index contributed by atoms with van der Waals surface area (Å²) in [4.78, 5) is 0. The molecular weight excluding hydrogens is 240 g/mol. The molecule has 0 saturated carbocycles. The average molecular weight is 275 g/mol. The van der Waals surface area contributed by atoms with Crippen molar-refractivity contribution in [2.24, 2.45) is 0 Å². The zero-order valence-electron chi connectivity index (χ0n) is 14.0. The first-order valence-electron chi connectivity index (χ1n) is 7.34. The summed E-state index contributed by atoms with van der Waals surface area (Å²) < 4.78 is 12.6. The molecule has 0 radical (unpaired) electrons. The van der Waals surface area contributed by atoms with E-state index in [4.69, 9.17) is 9.16 Å². The van der Waals surface area contributed by atoms with Crippen molar-refractivity contribution in [3.8, 4) is 0 Å². The van der Waals surface area contributed by atoms with Crippen molar-refractivity contribution in [1.29, 1.82) is 0 Å². The van der Waals surface area contributed by atoms with Crippen LogP contribution >= 0.6 is 0 Å². The fourth-order valence-electron chi connectivity index (χ4n) is 3.57. The Labute approximate surface area is 116 Å². The summed E-state index contributed by atoms with van der Waals surface area (Å²) in [5.41, 5.74) is 0.266. The molecule has 0 saturated heterocycles. The molecule has 0 bridgehead atoms. The molecule has 0 aromatic rings. The molecule has 110 valence electrons. The lowest BCUT2D eigenvalue weighted by atomic mass is 10.2. The minimum absolute atomic E-state index is 0.164. The van der Waals surface area contributed by atoms with E-state index in [-0.39, 0.29) is 15.8 Å².